The Kier molecular flexibility index (Phi) is 9.85. The van der Waals surface area contributed by atoms with Gasteiger partial charge in [0.2, 0.25) is 0 Å². The summed E-state index contributed by atoms with van der Waals surface area (Å²) in [5.74, 6) is 0.579. The van der Waals surface area contributed by atoms with Crippen molar-refractivity contribution in [3.8, 4) is 33.4 Å². The molecule has 0 fully saturated rings. The van der Waals surface area contributed by atoms with Crippen molar-refractivity contribution in [2.75, 3.05) is 0 Å². The lowest BCUT2D eigenvalue weighted by molar-refractivity contribution is 0.513. The van der Waals surface area contributed by atoms with Crippen LogP contribution in [0.15, 0.2) is 128 Å². The average molecular weight is 633 g/mol. The van der Waals surface area contributed by atoms with Gasteiger partial charge < -0.3 is 0 Å². The van der Waals surface area contributed by atoms with Crippen molar-refractivity contribution in [2.45, 2.75) is 89.8 Å². The third kappa shape index (κ3) is 6.61. The maximum Gasteiger partial charge on any atom is 0.0775 e. The van der Waals surface area contributed by atoms with Crippen molar-refractivity contribution < 1.29 is 0 Å². The second-order valence-corrected chi connectivity index (χ2v) is 19.9. The monoisotopic (exact) mass is 632 g/mol. The van der Waals surface area contributed by atoms with E-state index < -0.39 is 8.07 Å². The lowest BCUT2D eigenvalue weighted by Gasteiger charge is -2.34. The quantitative estimate of drug-likeness (QED) is 0.0688. The fourth-order valence-corrected chi connectivity index (χ4v) is 8.82. The van der Waals surface area contributed by atoms with Crippen LogP contribution in [0.3, 0.4) is 0 Å². The fourth-order valence-electron chi connectivity index (χ4n) is 7.65. The highest BCUT2D eigenvalue weighted by molar-refractivity contribution is 6.88. The minimum atomic E-state index is -1.44. The highest BCUT2D eigenvalue weighted by Gasteiger charge is 2.44. The molecule has 0 N–H and O–H groups in total. The molecule has 5 aromatic rings. The summed E-state index contributed by atoms with van der Waals surface area (Å²) in [7, 11) is -1.44. The molecular weight excluding hydrogens is 581 g/mol. The van der Waals surface area contributed by atoms with Crippen LogP contribution in [0, 0.1) is 0 Å². The summed E-state index contributed by atoms with van der Waals surface area (Å²) in [5.41, 5.74) is 13.5. The van der Waals surface area contributed by atoms with Crippen LogP contribution in [0.4, 0.5) is 0 Å². The molecule has 0 amide bonds. The summed E-state index contributed by atoms with van der Waals surface area (Å²) in [6, 6.07) is 44.7. The van der Waals surface area contributed by atoms with E-state index in [1.165, 1.54) is 86.5 Å². The minimum absolute atomic E-state index is 0.210. The SMILES string of the molecule is C=CCCCCCCC1(c2ccc([Si](C)(C)C)cc2)c2cc(-c3ccccc3)ccc2-c2ccc(-c3ccc(C(C)CC)cc3)cc21. The van der Waals surface area contributed by atoms with Gasteiger partial charge in [-0.3, -0.25) is 0 Å². The molecule has 47 heavy (non-hydrogen) atoms. The first-order chi connectivity index (χ1) is 22.8. The predicted octanol–water partition coefficient (Wildman–Crippen LogP) is 12.9. The molecule has 0 spiro atoms. The highest BCUT2D eigenvalue weighted by atomic mass is 28.3. The second-order valence-electron chi connectivity index (χ2n) is 14.8. The van der Waals surface area contributed by atoms with Crippen molar-refractivity contribution in [3.05, 3.63) is 150 Å². The maximum absolute atomic E-state index is 3.95. The van der Waals surface area contributed by atoms with E-state index in [0.29, 0.717) is 5.92 Å². The Bertz CT molecular complexity index is 1800. The van der Waals surface area contributed by atoms with Crippen LogP contribution in [0.25, 0.3) is 33.4 Å². The van der Waals surface area contributed by atoms with Crippen molar-refractivity contribution >= 4 is 13.3 Å². The van der Waals surface area contributed by atoms with Gasteiger partial charge in [-0.25, -0.2) is 0 Å². The number of unbranched alkanes of at least 4 members (excludes halogenated alkanes) is 4. The van der Waals surface area contributed by atoms with E-state index in [2.05, 4.69) is 161 Å². The lowest BCUT2D eigenvalue weighted by Crippen LogP contribution is -2.38. The fraction of sp³-hybridized carbons (Fsp3) is 0.304. The molecule has 240 valence electrons. The number of fused-ring (bicyclic) bond motifs is 3. The molecule has 0 aliphatic heterocycles. The third-order valence-corrected chi connectivity index (χ3v) is 12.8. The molecule has 0 heterocycles. The van der Waals surface area contributed by atoms with Crippen LogP contribution in [0.1, 0.15) is 87.0 Å². The molecule has 1 aliphatic carbocycles. The van der Waals surface area contributed by atoms with Gasteiger partial charge in [0.15, 0.2) is 0 Å². The summed E-state index contributed by atoms with van der Waals surface area (Å²) in [5, 5.41) is 1.52. The predicted molar refractivity (Wildman–Crippen MR) is 209 cm³/mol. The highest BCUT2D eigenvalue weighted by Crippen LogP contribution is 2.56. The van der Waals surface area contributed by atoms with Gasteiger partial charge in [0.05, 0.1) is 8.07 Å². The summed E-state index contributed by atoms with van der Waals surface area (Å²) < 4.78 is 0. The molecule has 1 heteroatoms. The zero-order valence-electron chi connectivity index (χ0n) is 29.3. The van der Waals surface area contributed by atoms with Crippen molar-refractivity contribution in [1.29, 1.82) is 0 Å². The Morgan fingerprint density at radius 2 is 1.19 bits per heavy atom. The van der Waals surface area contributed by atoms with Gasteiger partial charge in [-0.15, -0.1) is 6.58 Å². The largest absolute Gasteiger partial charge is 0.103 e. The summed E-state index contributed by atoms with van der Waals surface area (Å²) >= 11 is 0. The second kappa shape index (κ2) is 14.0. The van der Waals surface area contributed by atoms with Crippen LogP contribution in [0.2, 0.25) is 19.6 Å². The third-order valence-electron chi connectivity index (χ3n) is 10.7. The molecule has 6 rings (SSSR count). The molecule has 0 saturated carbocycles. The molecule has 5 aromatic carbocycles. The van der Waals surface area contributed by atoms with E-state index in [1.54, 1.807) is 0 Å². The number of rotatable bonds is 13. The van der Waals surface area contributed by atoms with E-state index in [1.807, 2.05) is 0 Å². The van der Waals surface area contributed by atoms with E-state index in [4.69, 9.17) is 0 Å². The lowest BCUT2D eigenvalue weighted by atomic mass is 9.68. The molecule has 0 radical (unpaired) electrons. The number of allylic oxidation sites excluding steroid dienone is 1. The Hall–Kier alpha value is -3.94. The molecular formula is C46H52Si. The first-order valence-electron chi connectivity index (χ1n) is 17.9. The van der Waals surface area contributed by atoms with Gasteiger partial charge in [-0.2, -0.15) is 0 Å². The van der Waals surface area contributed by atoms with E-state index in [0.717, 1.165) is 19.3 Å². The first kappa shape index (κ1) is 33.0. The van der Waals surface area contributed by atoms with E-state index in [9.17, 15) is 0 Å². The Labute approximate surface area is 285 Å². The van der Waals surface area contributed by atoms with Crippen molar-refractivity contribution in [2.24, 2.45) is 0 Å². The minimum Gasteiger partial charge on any atom is -0.103 e. The van der Waals surface area contributed by atoms with Crippen LogP contribution in [-0.2, 0) is 5.41 Å². The number of hydrogen-bond donors (Lipinski definition) is 0. The Morgan fingerprint density at radius 1 is 0.638 bits per heavy atom. The maximum atomic E-state index is 3.95. The van der Waals surface area contributed by atoms with Gasteiger partial charge in [-0.1, -0.05) is 167 Å². The zero-order chi connectivity index (χ0) is 33.0. The van der Waals surface area contributed by atoms with Crippen LogP contribution in [0.5, 0.6) is 0 Å². The molecule has 0 nitrogen and oxygen atoms in total. The van der Waals surface area contributed by atoms with Gasteiger partial charge in [0.1, 0.15) is 0 Å². The number of benzene rings is 5. The summed E-state index contributed by atoms with van der Waals surface area (Å²) in [6.45, 7) is 15.9. The normalized spacial score (nSPS) is 16.0. The molecule has 0 saturated heterocycles. The van der Waals surface area contributed by atoms with Crippen molar-refractivity contribution in [1.82, 2.24) is 0 Å². The van der Waals surface area contributed by atoms with Crippen molar-refractivity contribution in [3.63, 3.8) is 0 Å². The topological polar surface area (TPSA) is 0 Å². The van der Waals surface area contributed by atoms with Gasteiger partial charge in [0.25, 0.3) is 0 Å². The average Bonchev–Trinajstić information content (AvgIpc) is 3.38. The summed E-state index contributed by atoms with van der Waals surface area (Å²) in [6.07, 6.45) is 10.3. The van der Waals surface area contributed by atoms with Gasteiger partial charge in [-0.05, 0) is 99.4 Å². The molecule has 0 bridgehead atoms. The number of hydrogen-bond acceptors (Lipinski definition) is 0. The van der Waals surface area contributed by atoms with Crippen LogP contribution < -0.4 is 5.19 Å². The van der Waals surface area contributed by atoms with E-state index in [-0.39, 0.29) is 5.41 Å². The van der Waals surface area contributed by atoms with Gasteiger partial charge >= 0.3 is 0 Å². The Morgan fingerprint density at radius 3 is 1.74 bits per heavy atom. The van der Waals surface area contributed by atoms with Gasteiger partial charge in [0, 0.05) is 5.41 Å². The Balaban J connectivity index is 1.54. The first-order valence-corrected chi connectivity index (χ1v) is 21.4. The van der Waals surface area contributed by atoms with Crippen LogP contribution >= 0.6 is 0 Å². The molecule has 2 unspecified atom stereocenters. The van der Waals surface area contributed by atoms with Crippen LogP contribution in [-0.4, -0.2) is 8.07 Å². The van der Waals surface area contributed by atoms with E-state index >= 15 is 0 Å². The standard InChI is InChI=1S/C46H52Si/c1-7-9-10-11-12-16-31-46(40-25-27-41(28-26-40)47(4,5)6)44-32-38(36-17-14-13-15-18-36)23-29-42(44)43-30-24-39(33-45(43)46)37-21-19-35(20-22-37)34(3)8-2/h7,13-15,17-30,32-34H,1,8-12,16,31H2,2-6H3. The summed E-state index contributed by atoms with van der Waals surface area (Å²) in [4.78, 5) is 0. The molecule has 1 aliphatic rings. The molecule has 0 aromatic heterocycles. The smallest absolute Gasteiger partial charge is 0.0775 e. The molecule has 2 atom stereocenters. The zero-order valence-corrected chi connectivity index (χ0v) is 30.3.